The number of carbonyl (C=O) groups is 1. The van der Waals surface area contributed by atoms with Crippen molar-refractivity contribution in [1.29, 1.82) is 0 Å². The summed E-state index contributed by atoms with van der Waals surface area (Å²) < 4.78 is 4.79. The summed E-state index contributed by atoms with van der Waals surface area (Å²) in [5, 5.41) is 11.4. The highest BCUT2D eigenvalue weighted by Gasteiger charge is 2.15. The predicted octanol–water partition coefficient (Wildman–Crippen LogP) is 1.72. The zero-order chi connectivity index (χ0) is 19.0. The predicted molar refractivity (Wildman–Crippen MR) is 103 cm³/mol. The molecule has 0 saturated heterocycles. The van der Waals surface area contributed by atoms with Crippen LogP contribution in [0.4, 0.5) is 5.82 Å². The van der Waals surface area contributed by atoms with Crippen molar-refractivity contribution in [2.75, 3.05) is 5.32 Å². The van der Waals surface area contributed by atoms with Gasteiger partial charge in [0.25, 0.3) is 5.56 Å². The number of anilines is 1. The van der Waals surface area contributed by atoms with Crippen LogP contribution < -0.4 is 10.9 Å². The molecule has 9 nitrogen and oxygen atoms in total. The minimum atomic E-state index is -0.378. The van der Waals surface area contributed by atoms with Gasteiger partial charge in [-0.1, -0.05) is 18.2 Å². The number of nitrogens with one attached hydrogen (secondary N) is 1. The molecule has 136 valence electrons. The van der Waals surface area contributed by atoms with E-state index in [2.05, 4.69) is 36.4 Å². The Morgan fingerprint density at radius 1 is 1.19 bits per heavy atom. The highest BCUT2D eigenvalue weighted by atomic mass is 79.9. The van der Waals surface area contributed by atoms with E-state index >= 15 is 0 Å². The van der Waals surface area contributed by atoms with Crippen molar-refractivity contribution in [2.24, 2.45) is 7.05 Å². The summed E-state index contributed by atoms with van der Waals surface area (Å²) in [6.45, 7) is -0.179. The lowest BCUT2D eigenvalue weighted by Gasteiger charge is -2.05. The monoisotopic (exact) mass is 427 g/mol. The number of fused-ring (bicyclic) bond motifs is 1. The Morgan fingerprint density at radius 2 is 1.96 bits per heavy atom. The molecule has 0 aliphatic heterocycles. The van der Waals surface area contributed by atoms with E-state index in [9.17, 15) is 9.59 Å². The summed E-state index contributed by atoms with van der Waals surface area (Å²) in [4.78, 5) is 29.1. The highest BCUT2D eigenvalue weighted by Crippen LogP contribution is 2.16. The second kappa shape index (κ2) is 6.80. The number of benzene rings is 1. The Morgan fingerprint density at radius 3 is 2.74 bits per heavy atom. The van der Waals surface area contributed by atoms with Crippen LogP contribution in [0.25, 0.3) is 16.7 Å². The van der Waals surface area contributed by atoms with E-state index in [1.54, 1.807) is 24.0 Å². The van der Waals surface area contributed by atoms with Crippen molar-refractivity contribution in [1.82, 2.24) is 29.1 Å². The molecule has 0 aliphatic rings. The minimum absolute atomic E-state index is 0.179. The molecular weight excluding hydrogens is 414 g/mol. The van der Waals surface area contributed by atoms with E-state index in [0.29, 0.717) is 21.5 Å². The van der Waals surface area contributed by atoms with E-state index in [-0.39, 0.29) is 18.0 Å². The smallest absolute Gasteiger partial charge is 0.266 e. The number of rotatable bonds is 4. The lowest BCUT2D eigenvalue weighted by molar-refractivity contribution is -0.116. The summed E-state index contributed by atoms with van der Waals surface area (Å²) in [6, 6.07) is 11.2. The second-order valence-electron chi connectivity index (χ2n) is 5.82. The number of amides is 1. The fourth-order valence-electron chi connectivity index (χ4n) is 2.70. The Balaban J connectivity index is 1.53. The van der Waals surface area contributed by atoms with Crippen LogP contribution in [0.15, 0.2) is 58.3 Å². The van der Waals surface area contributed by atoms with Gasteiger partial charge < -0.3 is 5.32 Å². The third-order valence-corrected chi connectivity index (χ3v) is 4.51. The van der Waals surface area contributed by atoms with Crippen molar-refractivity contribution < 1.29 is 4.79 Å². The van der Waals surface area contributed by atoms with Crippen LogP contribution in [0, 0.1) is 0 Å². The van der Waals surface area contributed by atoms with E-state index in [1.807, 2.05) is 30.3 Å². The zero-order valence-electron chi connectivity index (χ0n) is 14.2. The molecule has 1 aromatic carbocycles. The lowest BCUT2D eigenvalue weighted by atomic mass is 10.3. The molecule has 0 aliphatic carbocycles. The molecule has 4 rings (SSSR count). The first-order valence-electron chi connectivity index (χ1n) is 8.01. The molecule has 0 radical (unpaired) electrons. The average molecular weight is 428 g/mol. The van der Waals surface area contributed by atoms with Crippen molar-refractivity contribution in [2.45, 2.75) is 6.54 Å². The van der Waals surface area contributed by atoms with Gasteiger partial charge in [0.2, 0.25) is 5.91 Å². The number of para-hydroxylation sites is 1. The Bertz CT molecular complexity index is 1190. The quantitative estimate of drug-likeness (QED) is 0.534. The molecule has 0 fully saturated rings. The fourth-order valence-corrected chi connectivity index (χ4v) is 3.29. The maximum atomic E-state index is 12.6. The first-order chi connectivity index (χ1) is 13.0. The largest absolute Gasteiger partial charge is 0.308 e. The van der Waals surface area contributed by atoms with E-state index in [1.165, 1.54) is 15.6 Å². The van der Waals surface area contributed by atoms with Gasteiger partial charge in [0.15, 0.2) is 11.5 Å². The Kier molecular flexibility index (Phi) is 4.32. The molecule has 3 aromatic heterocycles. The fraction of sp³-hybridized carbons (Fsp3) is 0.118. The van der Waals surface area contributed by atoms with Crippen molar-refractivity contribution in [3.63, 3.8) is 0 Å². The van der Waals surface area contributed by atoms with E-state index in [0.717, 1.165) is 5.69 Å². The molecule has 1 amide bonds. The molecule has 3 heterocycles. The van der Waals surface area contributed by atoms with Crippen LogP contribution in [0.2, 0.25) is 0 Å². The first kappa shape index (κ1) is 17.2. The van der Waals surface area contributed by atoms with Crippen LogP contribution in [-0.4, -0.2) is 35.0 Å². The molecule has 0 spiro atoms. The van der Waals surface area contributed by atoms with Gasteiger partial charge in [-0.05, 0) is 28.1 Å². The number of hydrogen-bond donors (Lipinski definition) is 1. The SMILES string of the molecule is Cn1nc(Br)c2c(=O)n(CC(=O)Nc3ccn(-c4ccccc4)n3)cnc21. The highest BCUT2D eigenvalue weighted by molar-refractivity contribution is 9.10. The normalized spacial score (nSPS) is 11.0. The van der Waals surface area contributed by atoms with Crippen molar-refractivity contribution in [3.8, 4) is 5.69 Å². The number of halogens is 1. The summed E-state index contributed by atoms with van der Waals surface area (Å²) >= 11 is 3.25. The number of carbonyl (C=O) groups excluding carboxylic acids is 1. The van der Waals surface area contributed by atoms with Crippen molar-refractivity contribution in [3.05, 3.63) is 63.9 Å². The number of hydrogen-bond acceptors (Lipinski definition) is 5. The summed E-state index contributed by atoms with van der Waals surface area (Å²) in [5.74, 6) is 0.0186. The molecule has 0 unspecified atom stereocenters. The van der Waals surface area contributed by atoms with Crippen LogP contribution in [0.3, 0.4) is 0 Å². The van der Waals surface area contributed by atoms with Crippen LogP contribution in [-0.2, 0) is 18.4 Å². The third-order valence-electron chi connectivity index (χ3n) is 3.96. The number of nitrogens with zero attached hydrogens (tertiary/aromatic N) is 6. The Hall–Kier alpha value is -3.27. The maximum Gasteiger partial charge on any atom is 0.266 e. The Labute approximate surface area is 161 Å². The third kappa shape index (κ3) is 3.26. The van der Waals surface area contributed by atoms with Gasteiger partial charge in [-0.25, -0.2) is 14.3 Å². The van der Waals surface area contributed by atoms with E-state index in [4.69, 9.17) is 0 Å². The molecule has 0 saturated carbocycles. The van der Waals surface area contributed by atoms with E-state index < -0.39 is 0 Å². The van der Waals surface area contributed by atoms with Gasteiger partial charge in [-0.3, -0.25) is 14.2 Å². The molecule has 4 aromatic rings. The molecule has 1 N–H and O–H groups in total. The van der Waals surface area contributed by atoms with Gasteiger partial charge >= 0.3 is 0 Å². The summed E-state index contributed by atoms with van der Waals surface area (Å²) in [6.07, 6.45) is 3.08. The van der Waals surface area contributed by atoms with Crippen LogP contribution >= 0.6 is 15.9 Å². The van der Waals surface area contributed by atoms with Gasteiger partial charge in [0.1, 0.15) is 22.9 Å². The van der Waals surface area contributed by atoms with Crippen molar-refractivity contribution >= 4 is 38.7 Å². The van der Waals surface area contributed by atoms with Gasteiger partial charge in [0, 0.05) is 19.3 Å². The van der Waals surface area contributed by atoms with Gasteiger partial charge in [0.05, 0.1) is 5.69 Å². The average Bonchev–Trinajstić information content (AvgIpc) is 3.23. The molecular formula is C17H14BrN7O2. The minimum Gasteiger partial charge on any atom is -0.308 e. The summed E-state index contributed by atoms with van der Waals surface area (Å²) in [5.41, 5.74) is 0.986. The molecule has 27 heavy (non-hydrogen) atoms. The molecule has 0 atom stereocenters. The second-order valence-corrected chi connectivity index (χ2v) is 6.57. The molecule has 0 bridgehead atoms. The maximum absolute atomic E-state index is 12.6. The van der Waals surface area contributed by atoms with Gasteiger partial charge in [-0.2, -0.15) is 10.2 Å². The topological polar surface area (TPSA) is 99.6 Å². The zero-order valence-corrected chi connectivity index (χ0v) is 15.8. The standard InChI is InChI=1S/C17H14BrN7O2/c1-23-16-14(15(18)22-23)17(27)24(10-19-16)9-13(26)20-12-7-8-25(21-12)11-5-3-2-4-6-11/h2-8,10H,9H2,1H3,(H,20,21,26). The lowest BCUT2D eigenvalue weighted by Crippen LogP contribution is -2.28. The molecule has 10 heteroatoms. The first-order valence-corrected chi connectivity index (χ1v) is 8.81. The van der Waals surface area contributed by atoms with Crippen LogP contribution in [0.1, 0.15) is 0 Å². The van der Waals surface area contributed by atoms with Crippen LogP contribution in [0.5, 0.6) is 0 Å². The van der Waals surface area contributed by atoms with Gasteiger partial charge in [-0.15, -0.1) is 0 Å². The number of aromatic nitrogens is 6. The number of aryl methyl sites for hydroxylation is 1. The summed E-state index contributed by atoms with van der Waals surface area (Å²) in [7, 11) is 1.69.